The SMILES string of the molecule is COc1cccc(C(OS(=O)(=O)c2ccc(C)cc2)=C(F)C(F)F)c1. The fraction of sp³-hybridized carbons (Fsp3) is 0.176. The van der Waals surface area contributed by atoms with Gasteiger partial charge in [0.1, 0.15) is 10.6 Å². The first-order valence-electron chi connectivity index (χ1n) is 7.08. The van der Waals surface area contributed by atoms with Crippen LogP contribution in [-0.4, -0.2) is 22.0 Å². The third kappa shape index (κ3) is 4.54. The van der Waals surface area contributed by atoms with Crippen LogP contribution in [0.25, 0.3) is 5.76 Å². The molecule has 0 saturated carbocycles. The molecular weight excluding hydrogens is 357 g/mol. The Morgan fingerprint density at radius 3 is 2.28 bits per heavy atom. The minimum absolute atomic E-state index is 0.187. The fourth-order valence-corrected chi connectivity index (χ4v) is 2.91. The maximum absolute atomic E-state index is 13.9. The number of hydrogen-bond acceptors (Lipinski definition) is 4. The molecule has 0 aliphatic carbocycles. The maximum Gasteiger partial charge on any atom is 0.339 e. The molecule has 8 heteroatoms. The van der Waals surface area contributed by atoms with E-state index in [2.05, 4.69) is 0 Å². The summed E-state index contributed by atoms with van der Waals surface area (Å²) in [5.74, 6) is -2.83. The number of rotatable bonds is 6. The van der Waals surface area contributed by atoms with Crippen molar-refractivity contribution in [1.29, 1.82) is 0 Å². The van der Waals surface area contributed by atoms with Gasteiger partial charge < -0.3 is 8.92 Å². The number of alkyl halides is 2. The predicted octanol–water partition coefficient (Wildman–Crippen LogP) is 4.31. The van der Waals surface area contributed by atoms with Crippen LogP contribution in [0.5, 0.6) is 5.75 Å². The Bertz CT molecular complexity index is 875. The lowest BCUT2D eigenvalue weighted by Gasteiger charge is -2.13. The van der Waals surface area contributed by atoms with Crippen molar-refractivity contribution in [3.05, 3.63) is 65.5 Å². The number of allylic oxidation sites excluding steroid dienone is 1. The van der Waals surface area contributed by atoms with E-state index < -0.39 is 28.1 Å². The van der Waals surface area contributed by atoms with Crippen LogP contribution >= 0.6 is 0 Å². The molecule has 0 radical (unpaired) electrons. The molecule has 2 aromatic rings. The van der Waals surface area contributed by atoms with Gasteiger partial charge in [-0.05, 0) is 31.2 Å². The van der Waals surface area contributed by atoms with E-state index in [1.807, 2.05) is 0 Å². The molecular formula is C17H15F3O4S. The molecule has 2 rings (SSSR count). The van der Waals surface area contributed by atoms with Crippen molar-refractivity contribution in [2.24, 2.45) is 0 Å². The van der Waals surface area contributed by atoms with Gasteiger partial charge in [0.05, 0.1) is 7.11 Å². The molecule has 4 nitrogen and oxygen atoms in total. The summed E-state index contributed by atoms with van der Waals surface area (Å²) in [4.78, 5) is -0.277. The zero-order chi connectivity index (χ0) is 18.6. The summed E-state index contributed by atoms with van der Waals surface area (Å²) in [5.41, 5.74) is 0.606. The standard InChI is InChI=1S/C17H15F3O4S/c1-11-6-8-14(9-7-11)25(21,22)24-16(15(18)17(19)20)12-4-3-5-13(10-12)23-2/h3-10,17H,1-2H3. The van der Waals surface area contributed by atoms with Crippen LogP contribution < -0.4 is 4.74 Å². The molecule has 2 aromatic carbocycles. The smallest absolute Gasteiger partial charge is 0.339 e. The average Bonchev–Trinajstić information content (AvgIpc) is 2.59. The summed E-state index contributed by atoms with van der Waals surface area (Å²) in [6.45, 7) is 1.75. The second kappa shape index (κ2) is 7.60. The number of hydrogen-bond donors (Lipinski definition) is 0. The van der Waals surface area contributed by atoms with Crippen molar-refractivity contribution in [3.63, 3.8) is 0 Å². The number of aryl methyl sites for hydroxylation is 1. The van der Waals surface area contributed by atoms with Crippen LogP contribution in [0.15, 0.2) is 59.3 Å². The van der Waals surface area contributed by atoms with Crippen LogP contribution in [0.2, 0.25) is 0 Å². The van der Waals surface area contributed by atoms with E-state index in [9.17, 15) is 21.6 Å². The van der Waals surface area contributed by atoms with Gasteiger partial charge in [-0.25, -0.2) is 13.2 Å². The molecule has 0 fully saturated rings. The van der Waals surface area contributed by atoms with Crippen LogP contribution in [0.3, 0.4) is 0 Å². The third-order valence-corrected chi connectivity index (χ3v) is 4.48. The molecule has 0 amide bonds. The average molecular weight is 372 g/mol. The Labute approximate surface area is 143 Å². The molecule has 0 unspecified atom stereocenters. The quantitative estimate of drug-likeness (QED) is 0.560. The van der Waals surface area contributed by atoms with Gasteiger partial charge in [0.25, 0.3) is 6.43 Å². The maximum atomic E-state index is 13.9. The van der Waals surface area contributed by atoms with E-state index in [4.69, 9.17) is 8.92 Å². The van der Waals surface area contributed by atoms with Crippen molar-refractivity contribution < 1.29 is 30.5 Å². The summed E-state index contributed by atoms with van der Waals surface area (Å²) >= 11 is 0. The molecule has 134 valence electrons. The topological polar surface area (TPSA) is 52.6 Å². The normalized spacial score (nSPS) is 12.7. The van der Waals surface area contributed by atoms with Crippen molar-refractivity contribution in [3.8, 4) is 5.75 Å². The molecule has 0 heterocycles. The van der Waals surface area contributed by atoms with Crippen LogP contribution in [0, 0.1) is 6.92 Å². The molecule has 0 saturated heterocycles. The zero-order valence-corrected chi connectivity index (χ0v) is 14.2. The summed E-state index contributed by atoms with van der Waals surface area (Å²) in [5, 5.41) is 0. The highest BCUT2D eigenvalue weighted by molar-refractivity contribution is 7.87. The first kappa shape index (κ1) is 18.9. The first-order valence-corrected chi connectivity index (χ1v) is 8.49. The van der Waals surface area contributed by atoms with Gasteiger partial charge in [0.15, 0.2) is 5.76 Å². The van der Waals surface area contributed by atoms with E-state index in [0.717, 1.165) is 5.56 Å². The van der Waals surface area contributed by atoms with Crippen LogP contribution in [-0.2, 0) is 14.3 Å². The summed E-state index contributed by atoms with van der Waals surface area (Å²) < 4.78 is 73.9. The molecule has 0 spiro atoms. The summed E-state index contributed by atoms with van der Waals surface area (Å²) in [6, 6.07) is 10.8. The van der Waals surface area contributed by atoms with E-state index in [1.165, 1.54) is 55.6 Å². The zero-order valence-electron chi connectivity index (χ0n) is 13.4. The second-order valence-corrected chi connectivity index (χ2v) is 6.61. The van der Waals surface area contributed by atoms with Gasteiger partial charge in [-0.15, -0.1) is 0 Å². The molecule has 0 aromatic heterocycles. The van der Waals surface area contributed by atoms with Gasteiger partial charge in [-0.1, -0.05) is 29.8 Å². The third-order valence-electron chi connectivity index (χ3n) is 3.24. The lowest BCUT2D eigenvalue weighted by Crippen LogP contribution is -2.09. The van der Waals surface area contributed by atoms with Crippen molar-refractivity contribution in [1.82, 2.24) is 0 Å². The molecule has 0 N–H and O–H groups in total. The molecule has 0 atom stereocenters. The second-order valence-electron chi connectivity index (χ2n) is 5.06. The van der Waals surface area contributed by atoms with E-state index in [0.29, 0.717) is 0 Å². The highest BCUT2D eigenvalue weighted by Gasteiger charge is 2.26. The fourth-order valence-electron chi connectivity index (χ4n) is 1.95. The molecule has 0 aliphatic heterocycles. The highest BCUT2D eigenvalue weighted by Crippen LogP contribution is 2.31. The number of ether oxygens (including phenoxy) is 1. The Morgan fingerprint density at radius 2 is 1.72 bits per heavy atom. The van der Waals surface area contributed by atoms with Crippen LogP contribution in [0.4, 0.5) is 13.2 Å². The van der Waals surface area contributed by atoms with E-state index >= 15 is 0 Å². The minimum atomic E-state index is -4.49. The Morgan fingerprint density at radius 1 is 1.08 bits per heavy atom. The van der Waals surface area contributed by atoms with Gasteiger partial charge >= 0.3 is 10.1 Å². The lowest BCUT2D eigenvalue weighted by molar-refractivity contribution is 0.157. The predicted molar refractivity (Wildman–Crippen MR) is 86.5 cm³/mol. The summed E-state index contributed by atoms with van der Waals surface area (Å²) in [7, 11) is -3.17. The van der Waals surface area contributed by atoms with Crippen molar-refractivity contribution >= 4 is 15.9 Å². The largest absolute Gasteiger partial charge is 0.497 e. The highest BCUT2D eigenvalue weighted by atomic mass is 32.2. The lowest BCUT2D eigenvalue weighted by atomic mass is 10.1. The number of benzene rings is 2. The van der Waals surface area contributed by atoms with Gasteiger partial charge in [0.2, 0.25) is 5.83 Å². The molecule has 0 aliphatic rings. The van der Waals surface area contributed by atoms with E-state index in [-0.39, 0.29) is 16.2 Å². The van der Waals surface area contributed by atoms with Gasteiger partial charge in [-0.3, -0.25) is 0 Å². The summed E-state index contributed by atoms with van der Waals surface area (Å²) in [6.07, 6.45) is -3.53. The Hall–Kier alpha value is -2.48. The Kier molecular flexibility index (Phi) is 5.73. The number of halogens is 3. The number of methoxy groups -OCH3 is 1. The monoisotopic (exact) mass is 372 g/mol. The van der Waals surface area contributed by atoms with E-state index in [1.54, 1.807) is 6.92 Å². The van der Waals surface area contributed by atoms with Crippen molar-refractivity contribution in [2.75, 3.05) is 7.11 Å². The first-order chi connectivity index (χ1) is 11.7. The van der Waals surface area contributed by atoms with Crippen molar-refractivity contribution in [2.45, 2.75) is 18.2 Å². The van der Waals surface area contributed by atoms with Crippen LogP contribution in [0.1, 0.15) is 11.1 Å². The Balaban J connectivity index is 2.50. The molecule has 25 heavy (non-hydrogen) atoms. The van der Waals surface area contributed by atoms with Gasteiger partial charge in [0, 0.05) is 5.56 Å². The minimum Gasteiger partial charge on any atom is -0.497 e. The van der Waals surface area contributed by atoms with Gasteiger partial charge in [-0.2, -0.15) is 8.42 Å². The molecule has 0 bridgehead atoms.